The molecule has 3 nitrogen and oxygen atoms in total. The van der Waals surface area contributed by atoms with Crippen LogP contribution in [0.15, 0.2) is 18.2 Å². The number of benzene rings is 1. The zero-order chi connectivity index (χ0) is 10.6. The number of carbonyl (C=O) groups is 2. The summed E-state index contributed by atoms with van der Waals surface area (Å²) in [5.41, 5.74) is 2.59. The minimum atomic E-state index is -0.357. The van der Waals surface area contributed by atoms with Crippen molar-refractivity contribution in [2.45, 2.75) is 19.3 Å². The summed E-state index contributed by atoms with van der Waals surface area (Å²) in [7, 11) is 0. The molecule has 3 heteroatoms. The first-order valence-electron chi connectivity index (χ1n) is 5.19. The number of ketones is 1. The summed E-state index contributed by atoms with van der Waals surface area (Å²) in [5, 5.41) is 0. The molecule has 1 unspecified atom stereocenters. The van der Waals surface area contributed by atoms with Crippen LogP contribution in [-0.2, 0) is 4.79 Å². The van der Waals surface area contributed by atoms with Crippen LogP contribution in [0.25, 0.3) is 0 Å². The van der Waals surface area contributed by atoms with Gasteiger partial charge in [-0.3, -0.25) is 9.59 Å². The van der Waals surface area contributed by atoms with Gasteiger partial charge < -0.3 is 4.90 Å². The van der Waals surface area contributed by atoms with Crippen LogP contribution >= 0.6 is 0 Å². The lowest BCUT2D eigenvalue weighted by molar-refractivity contribution is -0.114. The fourth-order valence-electron chi connectivity index (χ4n) is 2.47. The first-order chi connectivity index (χ1) is 7.20. The first-order valence-corrected chi connectivity index (χ1v) is 5.19. The molecule has 0 N–H and O–H groups in total. The van der Waals surface area contributed by atoms with Gasteiger partial charge in [-0.25, -0.2) is 0 Å². The van der Waals surface area contributed by atoms with E-state index in [4.69, 9.17) is 0 Å². The number of Topliss-reactive ketones (excluding diaryl/α,β-unsaturated/α-hetero) is 1. The van der Waals surface area contributed by atoms with Gasteiger partial charge in [0.1, 0.15) is 0 Å². The average Bonchev–Trinajstić information content (AvgIpc) is 2.50. The van der Waals surface area contributed by atoms with Crippen molar-refractivity contribution in [3.63, 3.8) is 0 Å². The van der Waals surface area contributed by atoms with E-state index in [0.29, 0.717) is 18.0 Å². The van der Waals surface area contributed by atoms with Crippen molar-refractivity contribution in [2.75, 3.05) is 11.4 Å². The molecule has 0 bridgehead atoms. The number of carbonyl (C=O) groups excluding carboxylic acids is 2. The van der Waals surface area contributed by atoms with Crippen molar-refractivity contribution in [1.82, 2.24) is 0 Å². The predicted octanol–water partition coefficient (Wildman–Crippen LogP) is 1.72. The van der Waals surface area contributed by atoms with Crippen molar-refractivity contribution in [2.24, 2.45) is 0 Å². The van der Waals surface area contributed by atoms with E-state index in [1.54, 1.807) is 11.0 Å². The molecular weight excluding hydrogens is 190 g/mol. The van der Waals surface area contributed by atoms with Crippen LogP contribution < -0.4 is 4.90 Å². The summed E-state index contributed by atoms with van der Waals surface area (Å²) in [6, 6.07) is 5.63. The van der Waals surface area contributed by atoms with Crippen LogP contribution in [0.4, 0.5) is 5.69 Å². The molecule has 3 rings (SSSR count). The third-order valence-electron chi connectivity index (χ3n) is 3.34. The molecule has 1 amide bonds. The second kappa shape index (κ2) is 2.69. The van der Waals surface area contributed by atoms with Gasteiger partial charge in [0.15, 0.2) is 0 Å². The van der Waals surface area contributed by atoms with Crippen molar-refractivity contribution < 1.29 is 9.59 Å². The van der Waals surface area contributed by atoms with Crippen LogP contribution in [0.3, 0.4) is 0 Å². The maximum atomic E-state index is 11.7. The Morgan fingerprint density at radius 1 is 1.33 bits per heavy atom. The summed E-state index contributed by atoms with van der Waals surface area (Å²) >= 11 is 0. The summed E-state index contributed by atoms with van der Waals surface area (Å²) in [4.78, 5) is 25.0. The second-order valence-electron chi connectivity index (χ2n) is 4.22. The lowest BCUT2D eigenvalue weighted by Gasteiger charge is -2.28. The fourth-order valence-corrected chi connectivity index (χ4v) is 2.47. The molecule has 1 atom stereocenters. The van der Waals surface area contributed by atoms with Gasteiger partial charge in [-0.2, -0.15) is 0 Å². The number of nitrogens with zero attached hydrogens (tertiary/aromatic N) is 1. The normalized spacial score (nSPS) is 23.3. The van der Waals surface area contributed by atoms with Crippen LogP contribution in [0.1, 0.15) is 35.2 Å². The topological polar surface area (TPSA) is 37.4 Å². The third-order valence-corrected chi connectivity index (χ3v) is 3.34. The van der Waals surface area contributed by atoms with Gasteiger partial charge in [-0.15, -0.1) is 0 Å². The minimum Gasteiger partial charge on any atom is -0.304 e. The van der Waals surface area contributed by atoms with Crippen molar-refractivity contribution in [1.29, 1.82) is 0 Å². The Morgan fingerprint density at radius 3 is 2.93 bits per heavy atom. The van der Waals surface area contributed by atoms with E-state index in [9.17, 15) is 9.59 Å². The van der Waals surface area contributed by atoms with Crippen LogP contribution in [-0.4, -0.2) is 18.2 Å². The highest BCUT2D eigenvalue weighted by atomic mass is 16.2. The number of para-hydroxylation sites is 1. The smallest absolute Gasteiger partial charge is 0.299 e. The molecule has 76 valence electrons. The number of rotatable bonds is 0. The van der Waals surface area contributed by atoms with Crippen LogP contribution in [0.5, 0.6) is 0 Å². The minimum absolute atomic E-state index is 0.346. The highest BCUT2D eigenvalue weighted by Gasteiger charge is 2.40. The van der Waals surface area contributed by atoms with Gasteiger partial charge in [0.05, 0.1) is 11.3 Å². The zero-order valence-corrected chi connectivity index (χ0v) is 8.49. The summed E-state index contributed by atoms with van der Waals surface area (Å²) < 4.78 is 0. The standard InChI is InChI=1S/C12H11NO2/c1-7-5-6-13-10-8(7)3-2-4-9(10)11(14)12(13)15/h2-4,7H,5-6H2,1H3. The molecule has 15 heavy (non-hydrogen) atoms. The molecule has 0 radical (unpaired) electrons. The molecule has 0 fully saturated rings. The van der Waals surface area contributed by atoms with Crippen LogP contribution in [0.2, 0.25) is 0 Å². The predicted molar refractivity (Wildman–Crippen MR) is 56.2 cm³/mol. The van der Waals surface area contributed by atoms with E-state index in [2.05, 4.69) is 6.92 Å². The van der Waals surface area contributed by atoms with E-state index in [-0.39, 0.29) is 11.7 Å². The lowest BCUT2D eigenvalue weighted by atomic mass is 9.91. The van der Waals surface area contributed by atoms with E-state index < -0.39 is 0 Å². The summed E-state index contributed by atoms with van der Waals surface area (Å²) in [5.74, 6) is -0.264. The van der Waals surface area contributed by atoms with E-state index in [1.165, 1.54) is 0 Å². The number of anilines is 1. The summed E-state index contributed by atoms with van der Waals surface area (Å²) in [6.45, 7) is 2.82. The average molecular weight is 201 g/mol. The van der Waals surface area contributed by atoms with Crippen molar-refractivity contribution in [3.8, 4) is 0 Å². The Morgan fingerprint density at radius 2 is 2.13 bits per heavy atom. The lowest BCUT2D eigenvalue weighted by Crippen LogP contribution is -2.34. The van der Waals surface area contributed by atoms with E-state index in [0.717, 1.165) is 17.7 Å². The fraction of sp³-hybridized carbons (Fsp3) is 0.333. The van der Waals surface area contributed by atoms with Gasteiger partial charge in [0.2, 0.25) is 0 Å². The third kappa shape index (κ3) is 0.950. The van der Waals surface area contributed by atoms with Gasteiger partial charge in [-0.05, 0) is 24.0 Å². The van der Waals surface area contributed by atoms with E-state index in [1.807, 2.05) is 12.1 Å². The maximum Gasteiger partial charge on any atom is 0.299 e. The zero-order valence-electron chi connectivity index (χ0n) is 8.49. The van der Waals surface area contributed by atoms with Gasteiger partial charge >= 0.3 is 0 Å². The molecular formula is C12H11NO2. The number of hydrogen-bond acceptors (Lipinski definition) is 2. The Kier molecular flexibility index (Phi) is 1.55. The van der Waals surface area contributed by atoms with Gasteiger partial charge in [0, 0.05) is 6.54 Å². The Bertz CT molecular complexity index is 479. The molecule has 0 saturated heterocycles. The first kappa shape index (κ1) is 8.65. The number of amides is 1. The maximum absolute atomic E-state index is 11.7. The molecule has 2 heterocycles. The Balaban J connectivity index is 2.31. The molecule has 1 aromatic carbocycles. The SMILES string of the molecule is CC1CCN2C(=O)C(=O)c3cccc1c32. The molecule has 0 saturated carbocycles. The number of hydrogen-bond donors (Lipinski definition) is 0. The monoisotopic (exact) mass is 201 g/mol. The largest absolute Gasteiger partial charge is 0.304 e. The van der Waals surface area contributed by atoms with Crippen LogP contribution in [0, 0.1) is 0 Å². The molecule has 0 aliphatic carbocycles. The molecule has 0 spiro atoms. The Hall–Kier alpha value is -1.64. The molecule has 0 aromatic heterocycles. The highest BCUT2D eigenvalue weighted by Crippen LogP contribution is 2.41. The van der Waals surface area contributed by atoms with Crippen molar-refractivity contribution >= 4 is 17.4 Å². The van der Waals surface area contributed by atoms with E-state index >= 15 is 0 Å². The second-order valence-corrected chi connectivity index (χ2v) is 4.22. The van der Waals surface area contributed by atoms with Gasteiger partial charge in [0.25, 0.3) is 11.7 Å². The quantitative estimate of drug-likeness (QED) is 0.599. The van der Waals surface area contributed by atoms with Crippen molar-refractivity contribution in [3.05, 3.63) is 29.3 Å². The molecule has 2 aliphatic rings. The summed E-state index contributed by atoms with van der Waals surface area (Å²) in [6.07, 6.45) is 0.940. The molecule has 1 aromatic rings. The van der Waals surface area contributed by atoms with Gasteiger partial charge in [-0.1, -0.05) is 19.1 Å². The Labute approximate surface area is 87.7 Å². The molecule has 2 aliphatic heterocycles. The highest BCUT2D eigenvalue weighted by molar-refractivity contribution is 6.52.